The van der Waals surface area contributed by atoms with E-state index >= 15 is 0 Å². The number of aromatic nitrogens is 1. The molecule has 0 aliphatic rings. The molecule has 5 heteroatoms. The lowest BCUT2D eigenvalue weighted by atomic mass is 10.1. The molecule has 2 N–H and O–H groups in total. The maximum atomic E-state index is 12.8. The van der Waals surface area contributed by atoms with Gasteiger partial charge in [0.2, 0.25) is 5.91 Å². The minimum absolute atomic E-state index is 0.179. The van der Waals surface area contributed by atoms with Crippen molar-refractivity contribution >= 4 is 22.5 Å². The largest absolute Gasteiger partial charge is 0.326 e. The van der Waals surface area contributed by atoms with Gasteiger partial charge in [-0.2, -0.15) is 0 Å². The summed E-state index contributed by atoms with van der Waals surface area (Å²) < 4.78 is 12.8. The lowest BCUT2D eigenvalue weighted by Gasteiger charge is -2.06. The molecule has 3 aromatic rings. The van der Waals surface area contributed by atoms with Crippen LogP contribution < -0.4 is 10.9 Å². The second-order valence-corrected chi connectivity index (χ2v) is 5.27. The van der Waals surface area contributed by atoms with Crippen LogP contribution in [0.4, 0.5) is 10.1 Å². The molecule has 0 unspecified atom stereocenters. The maximum Gasteiger partial charge on any atom is 0.251 e. The quantitative estimate of drug-likeness (QED) is 0.777. The first-order valence-corrected chi connectivity index (χ1v) is 7.28. The fourth-order valence-corrected chi connectivity index (χ4v) is 2.38. The van der Waals surface area contributed by atoms with Crippen LogP contribution in [0.2, 0.25) is 0 Å². The molecule has 0 aliphatic carbocycles. The third-order valence-corrected chi connectivity index (χ3v) is 3.58. The van der Waals surface area contributed by atoms with E-state index in [1.54, 1.807) is 6.07 Å². The van der Waals surface area contributed by atoms with Crippen LogP contribution in [0, 0.1) is 5.82 Å². The van der Waals surface area contributed by atoms with Crippen molar-refractivity contribution in [2.24, 2.45) is 0 Å². The Labute approximate surface area is 132 Å². The van der Waals surface area contributed by atoms with Gasteiger partial charge in [-0.1, -0.05) is 18.2 Å². The lowest BCUT2D eigenvalue weighted by Crippen LogP contribution is -2.17. The Kier molecular flexibility index (Phi) is 4.19. The lowest BCUT2D eigenvalue weighted by molar-refractivity contribution is -0.116. The van der Waals surface area contributed by atoms with Crippen molar-refractivity contribution in [3.05, 3.63) is 76.3 Å². The van der Waals surface area contributed by atoms with Crippen LogP contribution in [0.25, 0.3) is 10.9 Å². The molecule has 0 radical (unpaired) electrons. The summed E-state index contributed by atoms with van der Waals surface area (Å²) in [6.45, 7) is 0. The summed E-state index contributed by atoms with van der Waals surface area (Å²) in [5.41, 5.74) is 1.69. The Hall–Kier alpha value is -2.95. The molecule has 23 heavy (non-hydrogen) atoms. The number of hydrogen-bond donors (Lipinski definition) is 2. The first kappa shape index (κ1) is 15.0. The molecule has 0 bridgehead atoms. The van der Waals surface area contributed by atoms with Crippen LogP contribution in [-0.2, 0) is 11.2 Å². The van der Waals surface area contributed by atoms with Crippen molar-refractivity contribution in [2.45, 2.75) is 12.8 Å². The predicted octanol–water partition coefficient (Wildman–Crippen LogP) is 3.24. The van der Waals surface area contributed by atoms with E-state index in [0.717, 1.165) is 10.9 Å². The summed E-state index contributed by atoms with van der Waals surface area (Å²) in [6.07, 6.45) is 0.520. The van der Waals surface area contributed by atoms with Gasteiger partial charge in [-0.05, 0) is 48.2 Å². The number of amides is 1. The van der Waals surface area contributed by atoms with Crippen LogP contribution in [-0.4, -0.2) is 10.9 Å². The molecule has 0 saturated carbocycles. The van der Waals surface area contributed by atoms with Gasteiger partial charge >= 0.3 is 0 Å². The van der Waals surface area contributed by atoms with Gasteiger partial charge < -0.3 is 10.3 Å². The van der Waals surface area contributed by atoms with Crippen LogP contribution >= 0.6 is 0 Å². The fraction of sp³-hybridized carbons (Fsp3) is 0.111. The van der Waals surface area contributed by atoms with E-state index < -0.39 is 0 Å². The average molecular weight is 310 g/mol. The first-order valence-electron chi connectivity index (χ1n) is 7.28. The highest BCUT2D eigenvalue weighted by molar-refractivity contribution is 5.90. The van der Waals surface area contributed by atoms with Crippen molar-refractivity contribution in [3.63, 3.8) is 0 Å². The minimum atomic E-state index is -0.356. The second-order valence-electron chi connectivity index (χ2n) is 5.27. The Morgan fingerprint density at radius 2 is 1.83 bits per heavy atom. The standard InChI is InChI=1S/C18H15FN2O2/c19-14-6-8-15(9-7-14)20-17(22)10-5-13-11-12-3-1-2-4-16(12)21-18(13)23/h1-4,6-9,11H,5,10H2,(H,20,22)(H,21,23). The molecule has 1 aromatic heterocycles. The van der Waals surface area contributed by atoms with Gasteiger partial charge in [0.25, 0.3) is 5.56 Å². The number of carbonyl (C=O) groups excluding carboxylic acids is 1. The van der Waals surface area contributed by atoms with Gasteiger partial charge in [-0.25, -0.2) is 4.39 Å². The van der Waals surface area contributed by atoms with Crippen molar-refractivity contribution in [2.75, 3.05) is 5.32 Å². The van der Waals surface area contributed by atoms with Crippen LogP contribution in [0.5, 0.6) is 0 Å². The number of aryl methyl sites for hydroxylation is 1. The van der Waals surface area contributed by atoms with E-state index in [2.05, 4.69) is 10.3 Å². The molecule has 0 spiro atoms. The van der Waals surface area contributed by atoms with E-state index in [1.807, 2.05) is 24.3 Å². The van der Waals surface area contributed by atoms with Gasteiger partial charge in [-0.3, -0.25) is 9.59 Å². The van der Waals surface area contributed by atoms with Crippen LogP contribution in [0.15, 0.2) is 59.4 Å². The van der Waals surface area contributed by atoms with Crippen molar-refractivity contribution in [1.82, 2.24) is 4.98 Å². The maximum absolute atomic E-state index is 12.8. The molecule has 0 aliphatic heterocycles. The summed E-state index contributed by atoms with van der Waals surface area (Å²) in [7, 11) is 0. The number of rotatable bonds is 4. The predicted molar refractivity (Wildman–Crippen MR) is 87.9 cm³/mol. The molecular formula is C18H15FN2O2. The molecule has 1 heterocycles. The van der Waals surface area contributed by atoms with Crippen molar-refractivity contribution < 1.29 is 9.18 Å². The average Bonchev–Trinajstić information content (AvgIpc) is 2.55. The second kappa shape index (κ2) is 6.44. The molecule has 4 nitrogen and oxygen atoms in total. The van der Waals surface area contributed by atoms with Crippen LogP contribution in [0.3, 0.4) is 0 Å². The van der Waals surface area contributed by atoms with Crippen molar-refractivity contribution in [1.29, 1.82) is 0 Å². The Bertz CT molecular complexity index is 901. The zero-order valence-corrected chi connectivity index (χ0v) is 12.3. The molecular weight excluding hydrogens is 295 g/mol. The summed E-state index contributed by atoms with van der Waals surface area (Å²) >= 11 is 0. The number of nitrogens with one attached hydrogen (secondary N) is 2. The van der Waals surface area contributed by atoms with E-state index in [0.29, 0.717) is 17.7 Å². The SMILES string of the molecule is O=C(CCc1cc2ccccc2[nH]c1=O)Nc1ccc(F)cc1. The van der Waals surface area contributed by atoms with E-state index in [1.165, 1.54) is 24.3 Å². The van der Waals surface area contributed by atoms with Gasteiger partial charge in [0.15, 0.2) is 0 Å². The number of halogens is 1. The third kappa shape index (κ3) is 3.63. The third-order valence-electron chi connectivity index (χ3n) is 3.58. The Morgan fingerprint density at radius 3 is 2.61 bits per heavy atom. The first-order chi connectivity index (χ1) is 11.1. The summed E-state index contributed by atoms with van der Waals surface area (Å²) in [6, 6.07) is 14.9. The summed E-state index contributed by atoms with van der Waals surface area (Å²) in [4.78, 5) is 26.8. The number of pyridine rings is 1. The zero-order chi connectivity index (χ0) is 16.2. The van der Waals surface area contributed by atoms with Crippen LogP contribution in [0.1, 0.15) is 12.0 Å². The minimum Gasteiger partial charge on any atom is -0.326 e. The topological polar surface area (TPSA) is 62.0 Å². The molecule has 116 valence electrons. The molecule has 0 atom stereocenters. The van der Waals surface area contributed by atoms with Gasteiger partial charge in [0.05, 0.1) is 0 Å². The number of benzene rings is 2. The zero-order valence-electron chi connectivity index (χ0n) is 12.3. The molecule has 0 fully saturated rings. The summed E-state index contributed by atoms with van der Waals surface area (Å²) in [5, 5.41) is 3.61. The number of anilines is 1. The number of para-hydroxylation sites is 1. The van der Waals surface area contributed by atoms with E-state index in [-0.39, 0.29) is 23.7 Å². The highest BCUT2D eigenvalue weighted by Gasteiger charge is 2.07. The smallest absolute Gasteiger partial charge is 0.251 e. The molecule has 1 amide bonds. The number of hydrogen-bond acceptors (Lipinski definition) is 2. The molecule has 3 rings (SSSR count). The highest BCUT2D eigenvalue weighted by Crippen LogP contribution is 2.12. The fourth-order valence-electron chi connectivity index (χ4n) is 2.38. The number of aromatic amines is 1. The highest BCUT2D eigenvalue weighted by atomic mass is 19.1. The number of H-pyrrole nitrogens is 1. The van der Waals surface area contributed by atoms with E-state index in [4.69, 9.17) is 0 Å². The van der Waals surface area contributed by atoms with Gasteiger partial charge in [0.1, 0.15) is 5.82 Å². The Balaban J connectivity index is 1.68. The summed E-state index contributed by atoms with van der Waals surface area (Å²) in [5.74, 6) is -0.574. The van der Waals surface area contributed by atoms with Crippen molar-refractivity contribution in [3.8, 4) is 0 Å². The van der Waals surface area contributed by atoms with E-state index in [9.17, 15) is 14.0 Å². The monoisotopic (exact) mass is 310 g/mol. The number of carbonyl (C=O) groups is 1. The van der Waals surface area contributed by atoms with Gasteiger partial charge in [0, 0.05) is 23.2 Å². The normalized spacial score (nSPS) is 10.7. The molecule has 0 saturated heterocycles. The Morgan fingerprint density at radius 1 is 1.09 bits per heavy atom. The molecule has 2 aromatic carbocycles. The van der Waals surface area contributed by atoms with Gasteiger partial charge in [-0.15, -0.1) is 0 Å². The number of fused-ring (bicyclic) bond motifs is 1.